The van der Waals surface area contributed by atoms with Crippen molar-refractivity contribution in [2.45, 2.75) is 26.2 Å². The van der Waals surface area contributed by atoms with Gasteiger partial charge in [-0.3, -0.25) is 4.79 Å². The van der Waals surface area contributed by atoms with Crippen LogP contribution >= 0.6 is 11.6 Å². The van der Waals surface area contributed by atoms with Crippen molar-refractivity contribution in [2.24, 2.45) is 0 Å². The Kier molecular flexibility index (Phi) is 5.35. The van der Waals surface area contributed by atoms with E-state index in [2.05, 4.69) is 25.5 Å². The molecule has 3 rings (SSSR count). The third-order valence-corrected chi connectivity index (χ3v) is 3.68. The lowest BCUT2D eigenvalue weighted by molar-refractivity contribution is -0.116. The van der Waals surface area contributed by atoms with Gasteiger partial charge in [-0.1, -0.05) is 18.5 Å². The Labute approximate surface area is 149 Å². The van der Waals surface area contributed by atoms with E-state index >= 15 is 0 Å². The van der Waals surface area contributed by atoms with E-state index in [1.807, 2.05) is 6.92 Å². The lowest BCUT2D eigenvalue weighted by Crippen LogP contribution is -2.13. The molecule has 0 aliphatic heterocycles. The number of hydrogen-bond donors (Lipinski definition) is 1. The van der Waals surface area contributed by atoms with Crippen molar-refractivity contribution in [3.8, 4) is 11.5 Å². The van der Waals surface area contributed by atoms with Crippen LogP contribution in [0.4, 0.5) is 5.69 Å². The Morgan fingerprint density at radius 3 is 2.56 bits per heavy atom. The molecule has 0 fully saturated rings. The first-order valence-corrected chi connectivity index (χ1v) is 8.21. The third kappa shape index (κ3) is 4.60. The summed E-state index contributed by atoms with van der Waals surface area (Å²) >= 11 is 5.85. The molecule has 0 spiro atoms. The summed E-state index contributed by atoms with van der Waals surface area (Å²) < 4.78 is 5.57. The maximum atomic E-state index is 12.0. The highest BCUT2D eigenvalue weighted by molar-refractivity contribution is 6.30. The zero-order valence-electron chi connectivity index (χ0n) is 13.6. The topological polar surface area (TPSA) is 93.8 Å². The summed E-state index contributed by atoms with van der Waals surface area (Å²) in [6.07, 6.45) is 4.50. The van der Waals surface area contributed by atoms with E-state index in [1.165, 1.54) is 0 Å². The number of nitrogens with one attached hydrogen (secondary N) is 1. The Bertz CT molecular complexity index is 846. The molecule has 25 heavy (non-hydrogen) atoms. The summed E-state index contributed by atoms with van der Waals surface area (Å²) in [6, 6.07) is 7.10. The van der Waals surface area contributed by atoms with Gasteiger partial charge in [0.05, 0.1) is 18.1 Å². The van der Waals surface area contributed by atoms with E-state index in [9.17, 15) is 4.79 Å². The number of benzene rings is 1. The molecule has 7 nitrogen and oxygen atoms in total. The Morgan fingerprint density at radius 1 is 1.16 bits per heavy atom. The molecule has 1 N–H and O–H groups in total. The van der Waals surface area contributed by atoms with Gasteiger partial charge in [-0.15, -0.1) is 10.2 Å². The molecule has 1 aromatic carbocycles. The molecule has 0 aliphatic rings. The average Bonchev–Trinajstić information content (AvgIpc) is 3.10. The number of nitrogens with zero attached hydrogens (tertiary/aromatic N) is 4. The van der Waals surface area contributed by atoms with Crippen molar-refractivity contribution < 1.29 is 9.21 Å². The van der Waals surface area contributed by atoms with E-state index in [4.69, 9.17) is 16.0 Å². The van der Waals surface area contributed by atoms with Gasteiger partial charge >= 0.3 is 0 Å². The molecule has 0 bridgehead atoms. The van der Waals surface area contributed by atoms with Crippen LogP contribution in [0, 0.1) is 0 Å². The minimum atomic E-state index is -0.168. The van der Waals surface area contributed by atoms with Gasteiger partial charge in [0.1, 0.15) is 5.82 Å². The van der Waals surface area contributed by atoms with Crippen molar-refractivity contribution in [2.75, 3.05) is 5.32 Å². The maximum absolute atomic E-state index is 12.0. The van der Waals surface area contributed by atoms with E-state index in [1.54, 1.807) is 36.7 Å². The smallest absolute Gasteiger partial charge is 0.247 e. The van der Waals surface area contributed by atoms with Crippen molar-refractivity contribution in [3.05, 3.63) is 53.4 Å². The quantitative estimate of drug-likeness (QED) is 0.727. The molecule has 2 aromatic heterocycles. The number of halogens is 1. The largest absolute Gasteiger partial charge is 0.421 e. The lowest BCUT2D eigenvalue weighted by Gasteiger charge is -2.03. The van der Waals surface area contributed by atoms with Gasteiger partial charge in [0.15, 0.2) is 0 Å². The van der Waals surface area contributed by atoms with E-state index in [0.29, 0.717) is 28.9 Å². The molecule has 0 radical (unpaired) electrons. The first-order chi connectivity index (χ1) is 12.1. The number of aromatic nitrogens is 4. The van der Waals surface area contributed by atoms with Gasteiger partial charge in [0.25, 0.3) is 0 Å². The van der Waals surface area contributed by atoms with E-state index in [-0.39, 0.29) is 12.3 Å². The van der Waals surface area contributed by atoms with Crippen LogP contribution in [0.25, 0.3) is 11.5 Å². The minimum absolute atomic E-state index is 0.168. The van der Waals surface area contributed by atoms with E-state index < -0.39 is 0 Å². The van der Waals surface area contributed by atoms with Gasteiger partial charge in [-0.05, 0) is 24.3 Å². The fraction of sp³-hybridized carbons (Fsp3) is 0.235. The molecule has 0 atom stereocenters. The van der Waals surface area contributed by atoms with Gasteiger partial charge in [-0.2, -0.15) is 0 Å². The molecular formula is C17H16ClN5O2. The normalized spacial score (nSPS) is 10.6. The van der Waals surface area contributed by atoms with Crippen molar-refractivity contribution >= 4 is 23.2 Å². The highest BCUT2D eigenvalue weighted by Crippen LogP contribution is 2.20. The summed E-state index contributed by atoms with van der Waals surface area (Å²) in [6.45, 7) is 1.97. The SMILES string of the molecule is CCc1ncc(NC(=O)CCc2nnc(-c3ccc(Cl)cc3)o2)cn1. The fourth-order valence-electron chi connectivity index (χ4n) is 2.11. The molecule has 0 aliphatic carbocycles. The van der Waals surface area contributed by atoms with Gasteiger partial charge < -0.3 is 9.73 Å². The fourth-order valence-corrected chi connectivity index (χ4v) is 2.24. The third-order valence-electron chi connectivity index (χ3n) is 3.43. The second-order valence-corrected chi connectivity index (χ2v) is 5.73. The summed E-state index contributed by atoms with van der Waals surface area (Å²) in [7, 11) is 0. The van der Waals surface area contributed by atoms with Crippen LogP contribution in [0.3, 0.4) is 0 Å². The number of carbonyl (C=O) groups is 1. The summed E-state index contributed by atoms with van der Waals surface area (Å²) in [4.78, 5) is 20.3. The Balaban J connectivity index is 1.54. The monoisotopic (exact) mass is 357 g/mol. The Morgan fingerprint density at radius 2 is 1.88 bits per heavy atom. The van der Waals surface area contributed by atoms with Gasteiger partial charge in [-0.25, -0.2) is 9.97 Å². The first-order valence-electron chi connectivity index (χ1n) is 7.83. The van der Waals surface area contributed by atoms with Crippen LogP contribution < -0.4 is 5.32 Å². The molecule has 0 saturated heterocycles. The second kappa shape index (κ2) is 7.85. The molecule has 128 valence electrons. The number of amides is 1. The van der Waals surface area contributed by atoms with Crippen molar-refractivity contribution in [1.29, 1.82) is 0 Å². The zero-order valence-corrected chi connectivity index (χ0v) is 14.3. The van der Waals surface area contributed by atoms with Gasteiger partial charge in [0, 0.05) is 29.8 Å². The predicted molar refractivity (Wildman–Crippen MR) is 93.1 cm³/mol. The molecule has 1 amide bonds. The van der Waals surface area contributed by atoms with Crippen molar-refractivity contribution in [3.63, 3.8) is 0 Å². The molecule has 3 aromatic rings. The van der Waals surface area contributed by atoms with Crippen LogP contribution in [0.2, 0.25) is 5.02 Å². The van der Waals surface area contributed by atoms with Crippen LogP contribution in [-0.2, 0) is 17.6 Å². The number of hydrogen-bond acceptors (Lipinski definition) is 6. The van der Waals surface area contributed by atoms with Crippen molar-refractivity contribution in [1.82, 2.24) is 20.2 Å². The van der Waals surface area contributed by atoms with E-state index in [0.717, 1.165) is 17.8 Å². The summed E-state index contributed by atoms with van der Waals surface area (Å²) in [5, 5.41) is 11.3. The minimum Gasteiger partial charge on any atom is -0.421 e. The lowest BCUT2D eigenvalue weighted by atomic mass is 10.2. The summed E-state index contributed by atoms with van der Waals surface area (Å²) in [5.74, 6) is 1.37. The Hall–Kier alpha value is -2.80. The number of anilines is 1. The second-order valence-electron chi connectivity index (χ2n) is 5.30. The number of aryl methyl sites for hydroxylation is 2. The highest BCUT2D eigenvalue weighted by Gasteiger charge is 2.11. The van der Waals surface area contributed by atoms with Crippen LogP contribution in [-0.4, -0.2) is 26.1 Å². The van der Waals surface area contributed by atoms with Crippen LogP contribution in [0.1, 0.15) is 25.1 Å². The number of carbonyl (C=O) groups excluding carboxylic acids is 1. The molecule has 0 unspecified atom stereocenters. The van der Waals surface area contributed by atoms with Gasteiger partial charge in [0.2, 0.25) is 17.7 Å². The standard InChI is InChI=1S/C17H16ClN5O2/c1-2-14-19-9-13(10-20-14)21-15(24)7-8-16-22-23-17(25-16)11-3-5-12(18)6-4-11/h3-6,9-10H,2,7-8H2,1H3,(H,21,24). The maximum Gasteiger partial charge on any atom is 0.247 e. The molecule has 2 heterocycles. The molecule has 0 saturated carbocycles. The van der Waals surface area contributed by atoms with Crippen LogP contribution in [0.5, 0.6) is 0 Å². The molecular weight excluding hydrogens is 342 g/mol. The van der Waals surface area contributed by atoms with Crippen LogP contribution in [0.15, 0.2) is 41.1 Å². The highest BCUT2D eigenvalue weighted by atomic mass is 35.5. The first kappa shape index (κ1) is 17.0. The predicted octanol–water partition coefficient (Wildman–Crippen LogP) is 3.31. The average molecular weight is 358 g/mol. The number of rotatable bonds is 6. The molecule has 8 heteroatoms. The zero-order chi connectivity index (χ0) is 17.6. The summed E-state index contributed by atoms with van der Waals surface area (Å²) in [5.41, 5.74) is 1.34.